The lowest BCUT2D eigenvalue weighted by atomic mass is 9.87. The van der Waals surface area contributed by atoms with Crippen molar-refractivity contribution in [3.63, 3.8) is 0 Å². The number of carbonyl (C=O) groups excluding carboxylic acids is 1. The first-order valence-corrected chi connectivity index (χ1v) is 6.67. The molecule has 1 aliphatic carbocycles. The number of rotatable bonds is 3. The van der Waals surface area contributed by atoms with Gasteiger partial charge in [-0.3, -0.25) is 4.79 Å². The summed E-state index contributed by atoms with van der Waals surface area (Å²) in [6, 6.07) is 4.90. The molecule has 0 unspecified atom stereocenters. The third kappa shape index (κ3) is 3.61. The van der Waals surface area contributed by atoms with Gasteiger partial charge in [-0.25, -0.2) is 0 Å². The molecule has 1 aromatic rings. The van der Waals surface area contributed by atoms with Crippen molar-refractivity contribution in [2.75, 3.05) is 18.0 Å². The number of aliphatic hydroxyl groups is 1. The van der Waals surface area contributed by atoms with Crippen LogP contribution >= 0.6 is 0 Å². The number of benzene rings is 1. The van der Waals surface area contributed by atoms with E-state index in [9.17, 15) is 9.90 Å². The van der Waals surface area contributed by atoms with E-state index in [-0.39, 0.29) is 12.0 Å². The first-order valence-electron chi connectivity index (χ1n) is 6.67. The van der Waals surface area contributed by atoms with Gasteiger partial charge in [-0.15, -0.1) is 0 Å². The van der Waals surface area contributed by atoms with Gasteiger partial charge in [-0.05, 0) is 49.8 Å². The van der Waals surface area contributed by atoms with Gasteiger partial charge < -0.3 is 21.9 Å². The van der Waals surface area contributed by atoms with Gasteiger partial charge in [0.15, 0.2) is 0 Å². The summed E-state index contributed by atoms with van der Waals surface area (Å²) in [6.07, 6.45) is 3.39. The molecule has 0 heterocycles. The minimum absolute atomic E-state index is 0.163. The van der Waals surface area contributed by atoms with Crippen LogP contribution in [0.5, 0.6) is 0 Å². The third-order valence-electron chi connectivity index (χ3n) is 3.69. The normalized spacial score (nSPS) is 23.0. The number of carbonyl (C=O) groups is 1. The number of nitrogens with one attached hydrogen (secondary N) is 1. The molecule has 0 radical (unpaired) electrons. The van der Waals surface area contributed by atoms with Crippen molar-refractivity contribution in [3.05, 3.63) is 23.8 Å². The number of anilines is 2. The molecular formula is C14H21N3O2. The Kier molecular flexibility index (Phi) is 4.27. The van der Waals surface area contributed by atoms with Crippen LogP contribution in [0.3, 0.4) is 0 Å². The summed E-state index contributed by atoms with van der Waals surface area (Å²) in [5, 5.41) is 12.3. The Hall–Kier alpha value is -1.75. The van der Waals surface area contributed by atoms with Crippen molar-refractivity contribution in [2.45, 2.75) is 31.8 Å². The maximum atomic E-state index is 12.0. The van der Waals surface area contributed by atoms with Crippen LogP contribution in [-0.4, -0.2) is 23.7 Å². The zero-order chi connectivity index (χ0) is 13.8. The molecule has 1 saturated carbocycles. The first kappa shape index (κ1) is 13.7. The molecule has 104 valence electrons. The maximum absolute atomic E-state index is 12.0. The maximum Gasteiger partial charge on any atom is 0.253 e. The largest absolute Gasteiger partial charge is 0.399 e. The highest BCUT2D eigenvalue weighted by Crippen LogP contribution is 2.23. The van der Waals surface area contributed by atoms with Gasteiger partial charge >= 0.3 is 0 Å². The summed E-state index contributed by atoms with van der Waals surface area (Å²) in [4.78, 5) is 12.0. The van der Waals surface area contributed by atoms with E-state index < -0.39 is 0 Å². The number of amides is 1. The van der Waals surface area contributed by atoms with Crippen LogP contribution in [0.2, 0.25) is 0 Å². The van der Waals surface area contributed by atoms with E-state index in [4.69, 9.17) is 11.5 Å². The Morgan fingerprint density at radius 3 is 2.58 bits per heavy atom. The third-order valence-corrected chi connectivity index (χ3v) is 3.69. The van der Waals surface area contributed by atoms with Crippen LogP contribution in [-0.2, 0) is 0 Å². The fourth-order valence-corrected chi connectivity index (χ4v) is 2.47. The molecular weight excluding hydrogens is 242 g/mol. The molecule has 0 aromatic heterocycles. The molecule has 0 saturated heterocycles. The molecule has 0 atom stereocenters. The van der Waals surface area contributed by atoms with Gasteiger partial charge in [0.05, 0.1) is 11.7 Å². The van der Waals surface area contributed by atoms with Crippen molar-refractivity contribution in [1.29, 1.82) is 0 Å². The van der Waals surface area contributed by atoms with Crippen molar-refractivity contribution < 1.29 is 9.90 Å². The second-order valence-corrected chi connectivity index (χ2v) is 5.23. The van der Waals surface area contributed by atoms with Crippen LogP contribution in [0.4, 0.5) is 11.4 Å². The van der Waals surface area contributed by atoms with Gasteiger partial charge in [0, 0.05) is 17.9 Å². The first-order chi connectivity index (χ1) is 9.06. The number of nitrogen functional groups attached to an aromatic ring is 2. The van der Waals surface area contributed by atoms with E-state index >= 15 is 0 Å². The molecule has 5 heteroatoms. The van der Waals surface area contributed by atoms with Crippen LogP contribution in [0.25, 0.3) is 0 Å². The van der Waals surface area contributed by atoms with E-state index in [1.54, 1.807) is 18.2 Å². The molecule has 19 heavy (non-hydrogen) atoms. The van der Waals surface area contributed by atoms with Crippen molar-refractivity contribution in [1.82, 2.24) is 5.32 Å². The molecule has 1 amide bonds. The van der Waals surface area contributed by atoms with E-state index in [0.29, 0.717) is 29.4 Å². The number of hydrogen-bond donors (Lipinski definition) is 4. The minimum Gasteiger partial charge on any atom is -0.399 e. The van der Waals surface area contributed by atoms with E-state index in [2.05, 4.69) is 5.32 Å². The zero-order valence-corrected chi connectivity index (χ0v) is 10.9. The van der Waals surface area contributed by atoms with Gasteiger partial charge in [0.1, 0.15) is 0 Å². The van der Waals surface area contributed by atoms with Crippen molar-refractivity contribution in [2.24, 2.45) is 5.92 Å². The van der Waals surface area contributed by atoms with Gasteiger partial charge in [0.2, 0.25) is 0 Å². The summed E-state index contributed by atoms with van der Waals surface area (Å²) >= 11 is 0. The van der Waals surface area contributed by atoms with Crippen molar-refractivity contribution >= 4 is 17.3 Å². The highest BCUT2D eigenvalue weighted by atomic mass is 16.3. The summed E-state index contributed by atoms with van der Waals surface area (Å²) < 4.78 is 0. The summed E-state index contributed by atoms with van der Waals surface area (Å²) in [5.74, 6) is 0.283. The molecule has 5 nitrogen and oxygen atoms in total. The fourth-order valence-electron chi connectivity index (χ4n) is 2.47. The van der Waals surface area contributed by atoms with E-state index in [1.165, 1.54) is 0 Å². The summed E-state index contributed by atoms with van der Waals surface area (Å²) in [6.45, 7) is 0.634. The topological polar surface area (TPSA) is 101 Å². The second-order valence-electron chi connectivity index (χ2n) is 5.23. The van der Waals surface area contributed by atoms with Gasteiger partial charge in [0.25, 0.3) is 5.91 Å². The van der Waals surface area contributed by atoms with Gasteiger partial charge in [-0.2, -0.15) is 0 Å². The lowest BCUT2D eigenvalue weighted by Gasteiger charge is -2.25. The number of nitrogens with two attached hydrogens (primary N) is 2. The molecule has 2 rings (SSSR count). The Bertz CT molecular complexity index is 454. The number of aliphatic hydroxyl groups excluding tert-OH is 1. The van der Waals surface area contributed by atoms with Crippen LogP contribution in [0.1, 0.15) is 36.0 Å². The van der Waals surface area contributed by atoms with Gasteiger partial charge in [-0.1, -0.05) is 0 Å². The van der Waals surface area contributed by atoms with E-state index in [0.717, 1.165) is 25.7 Å². The predicted molar refractivity (Wildman–Crippen MR) is 75.6 cm³/mol. The lowest BCUT2D eigenvalue weighted by Crippen LogP contribution is -2.32. The second kappa shape index (κ2) is 5.93. The van der Waals surface area contributed by atoms with Crippen LogP contribution in [0, 0.1) is 5.92 Å². The average Bonchev–Trinajstić information content (AvgIpc) is 2.37. The minimum atomic E-state index is -0.167. The molecule has 1 aliphatic rings. The lowest BCUT2D eigenvalue weighted by molar-refractivity contribution is 0.0911. The van der Waals surface area contributed by atoms with E-state index in [1.807, 2.05) is 0 Å². The highest BCUT2D eigenvalue weighted by Gasteiger charge is 2.20. The Labute approximate surface area is 113 Å². The standard InChI is InChI=1S/C14H21N3O2/c15-10-3-6-12(13(16)7-10)14(19)17-8-9-1-4-11(18)5-2-9/h3,6-7,9,11,18H,1-2,4-5,8,15-16H2,(H,17,19). The number of hydrogen-bond acceptors (Lipinski definition) is 4. The molecule has 1 aromatic carbocycles. The smallest absolute Gasteiger partial charge is 0.253 e. The summed E-state index contributed by atoms with van der Waals surface area (Å²) in [7, 11) is 0. The van der Waals surface area contributed by atoms with Crippen molar-refractivity contribution in [3.8, 4) is 0 Å². The Morgan fingerprint density at radius 1 is 1.26 bits per heavy atom. The fraction of sp³-hybridized carbons (Fsp3) is 0.500. The average molecular weight is 263 g/mol. The summed E-state index contributed by atoms with van der Waals surface area (Å²) in [5.41, 5.74) is 12.8. The Balaban J connectivity index is 1.87. The Morgan fingerprint density at radius 2 is 1.95 bits per heavy atom. The predicted octanol–water partition coefficient (Wildman–Crippen LogP) is 1.13. The molecule has 6 N–H and O–H groups in total. The molecule has 0 bridgehead atoms. The quantitative estimate of drug-likeness (QED) is 0.614. The van der Waals surface area contributed by atoms with Crippen LogP contribution < -0.4 is 16.8 Å². The monoisotopic (exact) mass is 263 g/mol. The zero-order valence-electron chi connectivity index (χ0n) is 10.9. The highest BCUT2D eigenvalue weighted by molar-refractivity contribution is 5.99. The molecule has 1 fully saturated rings. The molecule has 0 spiro atoms. The molecule has 0 aliphatic heterocycles. The SMILES string of the molecule is Nc1ccc(C(=O)NCC2CCC(O)CC2)c(N)c1. The van der Waals surface area contributed by atoms with Crippen LogP contribution in [0.15, 0.2) is 18.2 Å².